The van der Waals surface area contributed by atoms with E-state index in [1.54, 1.807) is 36.7 Å². The highest BCUT2D eigenvalue weighted by Crippen LogP contribution is 2.24. The molecule has 4 N–H and O–H groups in total. The largest absolute Gasteiger partial charge is 0.508 e. The molecule has 0 saturated carbocycles. The summed E-state index contributed by atoms with van der Waals surface area (Å²) in [5, 5.41) is 25.5. The van der Waals surface area contributed by atoms with Gasteiger partial charge >= 0.3 is 0 Å². The van der Waals surface area contributed by atoms with Crippen LogP contribution in [0.3, 0.4) is 0 Å². The van der Waals surface area contributed by atoms with Gasteiger partial charge in [-0.2, -0.15) is 4.98 Å². The molecule has 0 saturated heterocycles. The maximum atomic E-state index is 9.61. The lowest BCUT2D eigenvalue weighted by Gasteiger charge is -2.20. The zero-order chi connectivity index (χ0) is 19.2. The molecule has 1 aromatic carbocycles. The molecule has 7 heteroatoms. The van der Waals surface area contributed by atoms with E-state index in [-0.39, 0.29) is 24.3 Å². The summed E-state index contributed by atoms with van der Waals surface area (Å²) in [5.41, 5.74) is 2.36. The van der Waals surface area contributed by atoms with Crippen LogP contribution in [-0.4, -0.2) is 37.8 Å². The Hall–Kier alpha value is -3.19. The molecule has 0 unspecified atom stereocenters. The van der Waals surface area contributed by atoms with Crippen LogP contribution in [0.5, 0.6) is 5.75 Å². The third-order valence-electron chi connectivity index (χ3n) is 4.14. The van der Waals surface area contributed by atoms with E-state index >= 15 is 0 Å². The van der Waals surface area contributed by atoms with Gasteiger partial charge in [0.1, 0.15) is 11.6 Å². The number of aromatic hydroxyl groups is 1. The molecular weight excluding hydrogens is 342 g/mol. The summed E-state index contributed by atoms with van der Waals surface area (Å²) in [6, 6.07) is 12.2. The molecular formula is C20H23N5O2. The third-order valence-corrected chi connectivity index (χ3v) is 4.14. The molecule has 0 fully saturated rings. The lowest BCUT2D eigenvalue weighted by atomic mass is 10.1. The van der Waals surface area contributed by atoms with Crippen molar-refractivity contribution in [2.24, 2.45) is 5.92 Å². The second kappa shape index (κ2) is 8.46. The summed E-state index contributed by atoms with van der Waals surface area (Å²) in [7, 11) is 0. The maximum Gasteiger partial charge on any atom is 0.225 e. The molecule has 140 valence electrons. The molecule has 2 heterocycles. The molecule has 0 aliphatic rings. The molecule has 0 aliphatic carbocycles. The van der Waals surface area contributed by atoms with E-state index < -0.39 is 0 Å². The Morgan fingerprint density at radius 1 is 1.07 bits per heavy atom. The van der Waals surface area contributed by atoms with Crippen molar-refractivity contribution < 1.29 is 10.2 Å². The van der Waals surface area contributed by atoms with Gasteiger partial charge in [0.25, 0.3) is 0 Å². The minimum atomic E-state index is -0.157. The van der Waals surface area contributed by atoms with E-state index in [1.165, 1.54) is 0 Å². The number of nitrogens with one attached hydrogen (secondary N) is 2. The highest BCUT2D eigenvalue weighted by Gasteiger charge is 2.15. The van der Waals surface area contributed by atoms with E-state index in [0.717, 1.165) is 11.3 Å². The van der Waals surface area contributed by atoms with Gasteiger partial charge in [-0.3, -0.25) is 4.98 Å². The van der Waals surface area contributed by atoms with Crippen LogP contribution in [0.15, 0.2) is 54.9 Å². The Balaban J connectivity index is 1.96. The van der Waals surface area contributed by atoms with Gasteiger partial charge in [-0.25, -0.2) is 4.98 Å². The number of aliphatic hydroxyl groups excluding tert-OH is 1. The number of hydrogen-bond donors (Lipinski definition) is 4. The van der Waals surface area contributed by atoms with Gasteiger partial charge in [-0.05, 0) is 42.3 Å². The van der Waals surface area contributed by atoms with Crippen LogP contribution in [0.1, 0.15) is 13.8 Å². The number of anilines is 3. The van der Waals surface area contributed by atoms with Gasteiger partial charge in [0.15, 0.2) is 0 Å². The average molecular weight is 365 g/mol. The van der Waals surface area contributed by atoms with Gasteiger partial charge in [-0.1, -0.05) is 13.8 Å². The quantitative estimate of drug-likeness (QED) is 0.476. The summed E-state index contributed by atoms with van der Waals surface area (Å²) in [6.45, 7) is 4.03. The van der Waals surface area contributed by atoms with Crippen molar-refractivity contribution in [2.45, 2.75) is 19.9 Å². The monoisotopic (exact) mass is 365 g/mol. The molecule has 3 rings (SSSR count). The number of benzene rings is 1. The van der Waals surface area contributed by atoms with E-state index in [1.807, 2.05) is 32.0 Å². The van der Waals surface area contributed by atoms with Gasteiger partial charge in [0.05, 0.1) is 18.3 Å². The standard InChI is InChI=1S/C20H23N5O2/c1-13(2)18(12-26)24-20-23-17(14-4-3-9-21-11-14)10-19(25-20)22-15-5-7-16(27)8-6-15/h3-11,13,18,26-27H,12H2,1-2H3,(H2,22,23,24,25)/t18-/m0/s1. The molecule has 0 amide bonds. The highest BCUT2D eigenvalue weighted by atomic mass is 16.3. The number of pyridine rings is 1. The Morgan fingerprint density at radius 3 is 2.48 bits per heavy atom. The summed E-state index contributed by atoms with van der Waals surface area (Å²) in [4.78, 5) is 13.2. The van der Waals surface area contributed by atoms with Crippen LogP contribution in [0.4, 0.5) is 17.5 Å². The molecule has 2 aromatic heterocycles. The van der Waals surface area contributed by atoms with Crippen LogP contribution in [0.2, 0.25) is 0 Å². The van der Waals surface area contributed by atoms with Gasteiger partial charge in [-0.15, -0.1) is 0 Å². The normalized spacial score (nSPS) is 12.0. The Kier molecular flexibility index (Phi) is 5.83. The van der Waals surface area contributed by atoms with Crippen molar-refractivity contribution in [3.63, 3.8) is 0 Å². The predicted octanol–water partition coefficient (Wildman–Crippen LogP) is 3.42. The summed E-state index contributed by atoms with van der Waals surface area (Å²) in [6.07, 6.45) is 3.45. The molecule has 1 atom stereocenters. The third kappa shape index (κ3) is 4.92. The number of phenolic OH excluding ortho intramolecular Hbond substituents is 1. The summed E-state index contributed by atoms with van der Waals surface area (Å²) >= 11 is 0. The van der Waals surface area contributed by atoms with E-state index in [0.29, 0.717) is 17.5 Å². The van der Waals surface area contributed by atoms with Crippen LogP contribution in [0, 0.1) is 5.92 Å². The van der Waals surface area contributed by atoms with Gasteiger partial charge in [0.2, 0.25) is 5.95 Å². The molecule has 3 aromatic rings. The van der Waals surface area contributed by atoms with E-state index in [4.69, 9.17) is 0 Å². The number of nitrogens with zero attached hydrogens (tertiary/aromatic N) is 3. The van der Waals surface area contributed by atoms with Crippen LogP contribution >= 0.6 is 0 Å². The smallest absolute Gasteiger partial charge is 0.225 e. The van der Waals surface area contributed by atoms with Gasteiger partial charge < -0.3 is 20.8 Å². The molecule has 0 bridgehead atoms. The van der Waals surface area contributed by atoms with Crippen molar-refractivity contribution in [3.05, 3.63) is 54.9 Å². The Bertz CT molecular complexity index is 869. The zero-order valence-electron chi connectivity index (χ0n) is 15.3. The predicted molar refractivity (Wildman–Crippen MR) is 106 cm³/mol. The lowest BCUT2D eigenvalue weighted by molar-refractivity contribution is 0.248. The minimum Gasteiger partial charge on any atom is -0.508 e. The first kappa shape index (κ1) is 18.6. The fraction of sp³-hybridized carbons (Fsp3) is 0.250. The second-order valence-electron chi connectivity index (χ2n) is 6.55. The molecule has 27 heavy (non-hydrogen) atoms. The second-order valence-corrected chi connectivity index (χ2v) is 6.55. The topological polar surface area (TPSA) is 103 Å². The number of hydrogen-bond acceptors (Lipinski definition) is 7. The number of aliphatic hydroxyl groups is 1. The number of aromatic nitrogens is 3. The fourth-order valence-corrected chi connectivity index (χ4v) is 2.52. The van der Waals surface area contributed by atoms with Crippen LogP contribution < -0.4 is 10.6 Å². The maximum absolute atomic E-state index is 9.61. The first-order valence-corrected chi connectivity index (χ1v) is 8.78. The number of rotatable bonds is 7. The zero-order valence-corrected chi connectivity index (χ0v) is 15.3. The van der Waals surface area contributed by atoms with Gasteiger partial charge in [0, 0.05) is 29.7 Å². The van der Waals surface area contributed by atoms with Crippen molar-refractivity contribution in [3.8, 4) is 17.0 Å². The molecule has 7 nitrogen and oxygen atoms in total. The summed E-state index contributed by atoms with van der Waals surface area (Å²) in [5.74, 6) is 1.43. The lowest BCUT2D eigenvalue weighted by Crippen LogP contribution is -2.30. The highest BCUT2D eigenvalue weighted by molar-refractivity contribution is 5.67. The fourth-order valence-electron chi connectivity index (χ4n) is 2.52. The average Bonchev–Trinajstić information content (AvgIpc) is 2.68. The SMILES string of the molecule is CC(C)[C@H](CO)Nc1nc(Nc2ccc(O)cc2)cc(-c2cccnc2)n1. The van der Waals surface area contributed by atoms with Crippen molar-refractivity contribution in [2.75, 3.05) is 17.2 Å². The van der Waals surface area contributed by atoms with Crippen LogP contribution in [0.25, 0.3) is 11.3 Å². The Morgan fingerprint density at radius 2 is 1.85 bits per heavy atom. The Labute approximate surface area is 158 Å². The molecule has 0 spiro atoms. The van der Waals surface area contributed by atoms with Crippen molar-refractivity contribution >= 4 is 17.5 Å². The van der Waals surface area contributed by atoms with Crippen molar-refractivity contribution in [1.29, 1.82) is 0 Å². The summed E-state index contributed by atoms with van der Waals surface area (Å²) < 4.78 is 0. The van der Waals surface area contributed by atoms with E-state index in [9.17, 15) is 10.2 Å². The first-order valence-electron chi connectivity index (χ1n) is 8.78. The minimum absolute atomic E-state index is 0.0150. The van der Waals surface area contributed by atoms with Crippen molar-refractivity contribution in [1.82, 2.24) is 15.0 Å². The number of phenols is 1. The molecule has 0 radical (unpaired) electrons. The molecule has 0 aliphatic heterocycles. The van der Waals surface area contributed by atoms with E-state index in [2.05, 4.69) is 25.6 Å². The first-order chi connectivity index (χ1) is 13.0. The van der Waals surface area contributed by atoms with Crippen LogP contribution in [-0.2, 0) is 0 Å².